The van der Waals surface area contributed by atoms with Gasteiger partial charge in [-0.2, -0.15) is 0 Å². The van der Waals surface area contributed by atoms with E-state index in [4.69, 9.17) is 0 Å². The summed E-state index contributed by atoms with van der Waals surface area (Å²) in [6.45, 7) is 2.09. The molecule has 0 aromatic rings. The van der Waals surface area contributed by atoms with E-state index >= 15 is 0 Å². The van der Waals surface area contributed by atoms with Crippen molar-refractivity contribution in [2.75, 3.05) is 20.1 Å². The van der Waals surface area contributed by atoms with Gasteiger partial charge < -0.3 is 10.0 Å². The van der Waals surface area contributed by atoms with E-state index in [9.17, 15) is 5.11 Å². The van der Waals surface area contributed by atoms with Crippen LogP contribution in [0.15, 0.2) is 0 Å². The van der Waals surface area contributed by atoms with Gasteiger partial charge in [-0.3, -0.25) is 0 Å². The fraction of sp³-hybridized carbons (Fsp3) is 1.00. The zero-order valence-electron chi connectivity index (χ0n) is 8.58. The van der Waals surface area contributed by atoms with E-state index in [2.05, 4.69) is 11.9 Å². The van der Waals surface area contributed by atoms with Crippen molar-refractivity contribution < 1.29 is 5.11 Å². The normalized spacial score (nSPS) is 26.1. The molecule has 2 saturated carbocycles. The number of hydrogen-bond donors (Lipinski definition) is 1. The van der Waals surface area contributed by atoms with Crippen molar-refractivity contribution >= 4 is 0 Å². The van der Waals surface area contributed by atoms with Crippen molar-refractivity contribution in [3.05, 3.63) is 0 Å². The summed E-state index contributed by atoms with van der Waals surface area (Å²) >= 11 is 0. The Morgan fingerprint density at radius 3 is 2.46 bits per heavy atom. The monoisotopic (exact) mass is 183 g/mol. The molecule has 2 aliphatic carbocycles. The van der Waals surface area contributed by atoms with Crippen LogP contribution >= 0.6 is 0 Å². The first kappa shape index (κ1) is 9.47. The summed E-state index contributed by atoms with van der Waals surface area (Å²) in [5, 5.41) is 9.72. The molecule has 0 radical (unpaired) electrons. The molecule has 1 unspecified atom stereocenters. The van der Waals surface area contributed by atoms with Gasteiger partial charge in [-0.25, -0.2) is 0 Å². The Hall–Kier alpha value is -0.0800. The molecule has 1 atom stereocenters. The minimum absolute atomic E-state index is 0.0509. The summed E-state index contributed by atoms with van der Waals surface area (Å²) in [5.41, 5.74) is 0. The average Bonchev–Trinajstić information content (AvgIpc) is 2.78. The maximum atomic E-state index is 9.72. The Morgan fingerprint density at radius 2 is 2.00 bits per heavy atom. The predicted octanol–water partition coefficient (Wildman–Crippen LogP) is 1.49. The third-order valence-electron chi connectivity index (χ3n) is 3.46. The van der Waals surface area contributed by atoms with Gasteiger partial charge in [-0.05, 0) is 44.6 Å². The van der Waals surface area contributed by atoms with Crippen molar-refractivity contribution in [3.63, 3.8) is 0 Å². The van der Waals surface area contributed by atoms with Crippen LogP contribution in [0.25, 0.3) is 0 Å². The van der Waals surface area contributed by atoms with Crippen LogP contribution in [0.4, 0.5) is 0 Å². The van der Waals surface area contributed by atoms with E-state index < -0.39 is 0 Å². The predicted molar refractivity (Wildman–Crippen MR) is 53.6 cm³/mol. The van der Waals surface area contributed by atoms with Gasteiger partial charge >= 0.3 is 0 Å². The smallest absolute Gasteiger partial charge is 0.0695 e. The standard InChI is InChI=1S/C11H21NO/c1-12(7-9-3-2-4-9)8-11(13)10-5-6-10/h9-11,13H,2-8H2,1H3. The Morgan fingerprint density at radius 1 is 1.31 bits per heavy atom. The molecule has 2 heteroatoms. The summed E-state index contributed by atoms with van der Waals surface area (Å²) in [6, 6.07) is 0. The highest BCUT2D eigenvalue weighted by atomic mass is 16.3. The second-order valence-corrected chi connectivity index (χ2v) is 4.92. The highest BCUT2D eigenvalue weighted by molar-refractivity contribution is 4.83. The van der Waals surface area contributed by atoms with Gasteiger partial charge in [0.1, 0.15) is 0 Å². The molecule has 13 heavy (non-hydrogen) atoms. The lowest BCUT2D eigenvalue weighted by Gasteiger charge is -2.31. The Balaban J connectivity index is 1.61. The van der Waals surface area contributed by atoms with Crippen molar-refractivity contribution in [1.82, 2.24) is 4.90 Å². The van der Waals surface area contributed by atoms with Crippen LogP contribution in [-0.2, 0) is 0 Å². The molecule has 2 aliphatic rings. The van der Waals surface area contributed by atoms with Crippen LogP contribution < -0.4 is 0 Å². The van der Waals surface area contributed by atoms with E-state index in [0.717, 1.165) is 12.5 Å². The van der Waals surface area contributed by atoms with Crippen LogP contribution in [0.5, 0.6) is 0 Å². The van der Waals surface area contributed by atoms with Crippen LogP contribution in [0.3, 0.4) is 0 Å². The zero-order valence-corrected chi connectivity index (χ0v) is 8.58. The third-order valence-corrected chi connectivity index (χ3v) is 3.46. The van der Waals surface area contributed by atoms with Gasteiger partial charge in [0.25, 0.3) is 0 Å². The first-order chi connectivity index (χ1) is 6.25. The van der Waals surface area contributed by atoms with E-state index in [1.54, 1.807) is 0 Å². The number of aliphatic hydroxyl groups excluding tert-OH is 1. The largest absolute Gasteiger partial charge is 0.392 e. The molecule has 0 heterocycles. The maximum Gasteiger partial charge on any atom is 0.0695 e. The summed E-state index contributed by atoms with van der Waals surface area (Å²) < 4.78 is 0. The highest BCUT2D eigenvalue weighted by Gasteiger charge is 2.30. The Labute approximate surface area is 80.9 Å². The zero-order chi connectivity index (χ0) is 9.26. The van der Waals surface area contributed by atoms with Crippen molar-refractivity contribution in [2.24, 2.45) is 11.8 Å². The fourth-order valence-electron chi connectivity index (χ4n) is 2.14. The average molecular weight is 183 g/mol. The highest BCUT2D eigenvalue weighted by Crippen LogP contribution is 2.33. The van der Waals surface area contributed by atoms with Gasteiger partial charge in [0.05, 0.1) is 6.10 Å². The molecule has 0 saturated heterocycles. The topological polar surface area (TPSA) is 23.5 Å². The van der Waals surface area contributed by atoms with E-state index in [1.165, 1.54) is 38.6 Å². The summed E-state index contributed by atoms with van der Waals surface area (Å²) in [4.78, 5) is 2.31. The molecule has 76 valence electrons. The van der Waals surface area contributed by atoms with E-state index in [0.29, 0.717) is 5.92 Å². The van der Waals surface area contributed by atoms with Crippen LogP contribution in [0, 0.1) is 11.8 Å². The van der Waals surface area contributed by atoms with Crippen molar-refractivity contribution in [1.29, 1.82) is 0 Å². The molecule has 0 spiro atoms. The van der Waals surface area contributed by atoms with Crippen LogP contribution in [-0.4, -0.2) is 36.2 Å². The van der Waals surface area contributed by atoms with Crippen LogP contribution in [0.2, 0.25) is 0 Å². The number of aliphatic hydroxyl groups is 1. The third kappa shape index (κ3) is 2.68. The fourth-order valence-corrected chi connectivity index (χ4v) is 2.14. The van der Waals surface area contributed by atoms with Crippen molar-refractivity contribution in [2.45, 2.75) is 38.2 Å². The first-order valence-electron chi connectivity index (χ1n) is 5.62. The minimum atomic E-state index is -0.0509. The van der Waals surface area contributed by atoms with Gasteiger partial charge in [0, 0.05) is 13.1 Å². The second-order valence-electron chi connectivity index (χ2n) is 4.92. The molecule has 0 bridgehead atoms. The molecule has 2 fully saturated rings. The van der Waals surface area contributed by atoms with E-state index in [1.807, 2.05) is 0 Å². The second kappa shape index (κ2) is 3.97. The molecule has 0 amide bonds. The first-order valence-corrected chi connectivity index (χ1v) is 5.62. The van der Waals surface area contributed by atoms with Gasteiger partial charge in [0.15, 0.2) is 0 Å². The summed E-state index contributed by atoms with van der Waals surface area (Å²) in [6.07, 6.45) is 6.68. The SMILES string of the molecule is CN(CC1CCC1)CC(O)C1CC1. The van der Waals surface area contributed by atoms with Gasteiger partial charge in [-0.1, -0.05) is 6.42 Å². The summed E-state index contributed by atoms with van der Waals surface area (Å²) in [5.74, 6) is 1.56. The lowest BCUT2D eigenvalue weighted by Crippen LogP contribution is -2.35. The molecule has 0 aliphatic heterocycles. The molecule has 2 nitrogen and oxygen atoms in total. The molecular weight excluding hydrogens is 162 g/mol. The molecule has 0 aromatic carbocycles. The lowest BCUT2D eigenvalue weighted by molar-refractivity contribution is 0.0910. The number of likely N-dealkylation sites (N-methyl/N-ethyl adjacent to an activating group) is 1. The van der Waals surface area contributed by atoms with Crippen molar-refractivity contribution in [3.8, 4) is 0 Å². The quantitative estimate of drug-likeness (QED) is 0.698. The number of nitrogens with zero attached hydrogens (tertiary/aromatic N) is 1. The Kier molecular flexibility index (Phi) is 2.89. The van der Waals surface area contributed by atoms with Gasteiger partial charge in [0.2, 0.25) is 0 Å². The van der Waals surface area contributed by atoms with Crippen LogP contribution in [0.1, 0.15) is 32.1 Å². The molecular formula is C11H21NO. The molecule has 0 aromatic heterocycles. The lowest BCUT2D eigenvalue weighted by atomic mass is 9.85. The molecule has 1 N–H and O–H groups in total. The van der Waals surface area contributed by atoms with Gasteiger partial charge in [-0.15, -0.1) is 0 Å². The number of rotatable bonds is 5. The minimum Gasteiger partial charge on any atom is -0.392 e. The molecule has 2 rings (SSSR count). The maximum absolute atomic E-state index is 9.72. The van der Waals surface area contributed by atoms with E-state index in [-0.39, 0.29) is 6.10 Å². The number of hydrogen-bond acceptors (Lipinski definition) is 2. The Bertz CT molecular complexity index is 163. The summed E-state index contributed by atoms with van der Waals surface area (Å²) in [7, 11) is 2.14.